The minimum absolute atomic E-state index is 0.0663. The van der Waals surface area contributed by atoms with Crippen LogP contribution in [0.25, 0.3) is 0 Å². The van der Waals surface area contributed by atoms with E-state index in [4.69, 9.17) is 0 Å². The second-order valence-electron chi connectivity index (χ2n) is 5.49. The van der Waals surface area contributed by atoms with Crippen molar-refractivity contribution in [2.45, 2.75) is 26.3 Å². The van der Waals surface area contributed by atoms with Crippen molar-refractivity contribution in [3.63, 3.8) is 0 Å². The van der Waals surface area contributed by atoms with Crippen LogP contribution in [0.4, 0.5) is 17.1 Å². The number of rotatable bonds is 4. The smallest absolute Gasteiger partial charge is 0.299 e. The van der Waals surface area contributed by atoms with Gasteiger partial charge in [-0.3, -0.25) is 20.2 Å². The molecule has 9 heteroatoms. The number of hydrogen-bond donors (Lipinski definition) is 0. The summed E-state index contributed by atoms with van der Waals surface area (Å²) in [5.74, 6) is -1.46. The van der Waals surface area contributed by atoms with Crippen molar-refractivity contribution < 1.29 is 19.7 Å². The zero-order valence-corrected chi connectivity index (χ0v) is 12.0. The normalized spacial score (nSPS) is 20.9. The van der Waals surface area contributed by atoms with Crippen molar-refractivity contribution in [3.8, 4) is 0 Å². The third-order valence-corrected chi connectivity index (χ3v) is 3.68. The van der Waals surface area contributed by atoms with Gasteiger partial charge in [0.25, 0.3) is 11.4 Å². The van der Waals surface area contributed by atoms with Gasteiger partial charge in [0.2, 0.25) is 0 Å². The molecule has 1 fully saturated rings. The average molecular weight is 308 g/mol. The van der Waals surface area contributed by atoms with E-state index < -0.39 is 33.2 Å². The number of aliphatic carboxylic acids is 1. The first kappa shape index (κ1) is 15.7. The largest absolute Gasteiger partial charge is 0.548 e. The molecule has 9 nitrogen and oxygen atoms in total. The predicted octanol–water partition coefficient (Wildman–Crippen LogP) is 0.776. The number of nitro benzene ring substituents is 2. The van der Waals surface area contributed by atoms with Gasteiger partial charge in [-0.15, -0.1) is 0 Å². The van der Waals surface area contributed by atoms with Gasteiger partial charge in [-0.2, -0.15) is 0 Å². The molecule has 0 bridgehead atoms. The first-order valence-electron chi connectivity index (χ1n) is 6.63. The summed E-state index contributed by atoms with van der Waals surface area (Å²) in [6, 6.07) is 1.30. The average Bonchev–Trinajstić information content (AvgIpc) is 2.79. The van der Waals surface area contributed by atoms with E-state index in [2.05, 4.69) is 0 Å². The number of anilines is 1. The van der Waals surface area contributed by atoms with Crippen molar-refractivity contribution in [1.29, 1.82) is 0 Å². The molecule has 2 atom stereocenters. The first-order chi connectivity index (χ1) is 10.2. The molecule has 0 radical (unpaired) electrons. The molecule has 1 heterocycles. The fourth-order valence-electron chi connectivity index (χ4n) is 2.83. The van der Waals surface area contributed by atoms with E-state index in [0.29, 0.717) is 5.56 Å². The summed E-state index contributed by atoms with van der Waals surface area (Å²) < 4.78 is 0. The highest BCUT2D eigenvalue weighted by Gasteiger charge is 2.39. The minimum atomic E-state index is -1.39. The summed E-state index contributed by atoms with van der Waals surface area (Å²) >= 11 is 0. The zero-order valence-electron chi connectivity index (χ0n) is 12.0. The molecule has 0 spiro atoms. The molecule has 0 saturated carbocycles. The lowest BCUT2D eigenvalue weighted by Crippen LogP contribution is -2.44. The highest BCUT2D eigenvalue weighted by molar-refractivity contribution is 5.84. The molecule has 1 aliphatic heterocycles. The molecule has 118 valence electrons. The van der Waals surface area contributed by atoms with E-state index in [-0.39, 0.29) is 24.6 Å². The Morgan fingerprint density at radius 3 is 2.14 bits per heavy atom. The molecule has 2 rings (SSSR count). The number of hydrogen-bond acceptors (Lipinski definition) is 7. The van der Waals surface area contributed by atoms with Gasteiger partial charge in [-0.25, -0.2) is 0 Å². The maximum Gasteiger partial charge on any atom is 0.299 e. The topological polar surface area (TPSA) is 130 Å². The lowest BCUT2D eigenvalue weighted by molar-refractivity contribution is -0.392. The highest BCUT2D eigenvalue weighted by Crippen LogP contribution is 2.42. The third kappa shape index (κ3) is 2.69. The SMILES string of the molecule is Cc1cc([N+](=O)[O-])c(N2C[C@@H](C)C[C@@H]2C(=O)[O-])c([N+](=O)[O-])c1. The lowest BCUT2D eigenvalue weighted by atomic mass is 10.1. The van der Waals surface area contributed by atoms with Crippen molar-refractivity contribution >= 4 is 23.0 Å². The summed E-state index contributed by atoms with van der Waals surface area (Å²) in [4.78, 5) is 33.5. The number of carboxylic acids is 1. The predicted molar refractivity (Wildman–Crippen MR) is 74.4 cm³/mol. The number of nitrogens with zero attached hydrogens (tertiary/aromatic N) is 3. The van der Waals surface area contributed by atoms with Gasteiger partial charge < -0.3 is 14.8 Å². The lowest BCUT2D eigenvalue weighted by Gasteiger charge is -2.26. The second kappa shape index (κ2) is 5.58. The van der Waals surface area contributed by atoms with Gasteiger partial charge in [-0.1, -0.05) is 6.92 Å². The summed E-state index contributed by atoms with van der Waals surface area (Å²) in [7, 11) is 0. The summed E-state index contributed by atoms with van der Waals surface area (Å²) in [6.45, 7) is 3.47. The maximum absolute atomic E-state index is 11.3. The Balaban J connectivity index is 2.69. The molecule has 1 aromatic rings. The summed E-state index contributed by atoms with van der Waals surface area (Å²) in [6.07, 6.45) is 0.227. The molecular formula is C13H14N3O6-. The molecule has 0 aromatic heterocycles. The Morgan fingerprint density at radius 1 is 1.23 bits per heavy atom. The number of aryl methyl sites for hydroxylation is 1. The van der Waals surface area contributed by atoms with Crippen LogP contribution in [0.15, 0.2) is 12.1 Å². The fourth-order valence-corrected chi connectivity index (χ4v) is 2.83. The Kier molecular flexibility index (Phi) is 3.98. The van der Waals surface area contributed by atoms with Crippen LogP contribution in [-0.2, 0) is 4.79 Å². The van der Waals surface area contributed by atoms with Crippen LogP contribution in [0, 0.1) is 33.1 Å². The molecule has 0 N–H and O–H groups in total. The Morgan fingerprint density at radius 2 is 1.73 bits per heavy atom. The van der Waals surface area contributed by atoms with Crippen LogP contribution in [0.2, 0.25) is 0 Å². The maximum atomic E-state index is 11.3. The van der Waals surface area contributed by atoms with Crippen LogP contribution in [0.1, 0.15) is 18.9 Å². The summed E-state index contributed by atoms with van der Waals surface area (Å²) in [5, 5.41) is 33.8. The second-order valence-corrected chi connectivity index (χ2v) is 5.49. The number of carbonyl (C=O) groups is 1. The van der Waals surface area contributed by atoms with E-state index in [9.17, 15) is 30.1 Å². The molecule has 0 aliphatic carbocycles. The Hall–Kier alpha value is -2.71. The van der Waals surface area contributed by atoms with Gasteiger partial charge in [0.1, 0.15) is 0 Å². The van der Waals surface area contributed by atoms with Gasteiger partial charge >= 0.3 is 0 Å². The highest BCUT2D eigenvalue weighted by atomic mass is 16.6. The Bertz CT molecular complexity index is 624. The number of carbonyl (C=O) groups excluding carboxylic acids is 1. The van der Waals surface area contributed by atoms with Crippen molar-refractivity contribution in [2.24, 2.45) is 5.92 Å². The molecule has 1 aromatic carbocycles. The fraction of sp³-hybridized carbons (Fsp3) is 0.462. The van der Waals surface area contributed by atoms with Gasteiger partial charge in [0.15, 0.2) is 5.69 Å². The van der Waals surface area contributed by atoms with Crippen LogP contribution in [0.3, 0.4) is 0 Å². The van der Waals surface area contributed by atoms with Crippen LogP contribution >= 0.6 is 0 Å². The van der Waals surface area contributed by atoms with Gasteiger partial charge in [0, 0.05) is 18.7 Å². The minimum Gasteiger partial charge on any atom is -0.548 e. The summed E-state index contributed by atoms with van der Waals surface area (Å²) in [5.41, 5.74) is -0.836. The van der Waals surface area contributed by atoms with E-state index in [1.54, 1.807) is 6.92 Å². The molecule has 1 aliphatic rings. The van der Waals surface area contributed by atoms with E-state index >= 15 is 0 Å². The van der Waals surface area contributed by atoms with E-state index in [1.807, 2.05) is 0 Å². The zero-order chi connectivity index (χ0) is 16.6. The third-order valence-electron chi connectivity index (χ3n) is 3.68. The standard InChI is InChI=1S/C13H15N3O6/c1-7-3-9(15(19)20)12(10(4-7)16(21)22)14-6-8(2)5-11(14)13(17)18/h3-4,8,11H,5-6H2,1-2H3,(H,17,18)/p-1/t8-,11+/m0/s1. The monoisotopic (exact) mass is 308 g/mol. The molecular weight excluding hydrogens is 294 g/mol. The van der Waals surface area contributed by atoms with Crippen molar-refractivity contribution in [1.82, 2.24) is 0 Å². The number of benzene rings is 1. The molecule has 0 unspecified atom stereocenters. The van der Waals surface area contributed by atoms with Crippen LogP contribution in [0.5, 0.6) is 0 Å². The first-order valence-corrected chi connectivity index (χ1v) is 6.63. The number of nitro groups is 2. The number of carboxylic acid groups (broad SMARTS) is 1. The van der Waals surface area contributed by atoms with Gasteiger partial charge in [0.05, 0.1) is 21.9 Å². The van der Waals surface area contributed by atoms with E-state index in [0.717, 1.165) is 0 Å². The quantitative estimate of drug-likeness (QED) is 0.593. The molecule has 0 amide bonds. The van der Waals surface area contributed by atoms with Crippen LogP contribution in [-0.4, -0.2) is 28.4 Å². The Labute approximate surface area is 125 Å². The molecule has 22 heavy (non-hydrogen) atoms. The van der Waals surface area contributed by atoms with Gasteiger partial charge in [-0.05, 0) is 24.8 Å². The van der Waals surface area contributed by atoms with Crippen LogP contribution < -0.4 is 10.0 Å². The van der Waals surface area contributed by atoms with Crippen molar-refractivity contribution in [3.05, 3.63) is 37.9 Å². The van der Waals surface area contributed by atoms with E-state index in [1.165, 1.54) is 24.0 Å². The van der Waals surface area contributed by atoms with Crippen molar-refractivity contribution in [2.75, 3.05) is 11.4 Å². The molecule has 1 saturated heterocycles.